The average Bonchev–Trinajstić information content (AvgIpc) is 3.16. The van der Waals surface area contributed by atoms with Gasteiger partial charge in [-0.3, -0.25) is 9.59 Å². The van der Waals surface area contributed by atoms with Crippen LogP contribution in [0.15, 0.2) is 53.5 Å². The molecule has 3 heterocycles. The van der Waals surface area contributed by atoms with Gasteiger partial charge in [-0.15, -0.1) is 0 Å². The van der Waals surface area contributed by atoms with Crippen LogP contribution in [-0.2, 0) is 6.54 Å². The number of rotatable bonds is 5. The lowest BCUT2D eigenvalue weighted by Crippen LogP contribution is -2.28. The molecular formula is C26H28N4O2. The van der Waals surface area contributed by atoms with E-state index in [2.05, 4.69) is 28.7 Å². The normalized spacial score (nSPS) is 11.3. The van der Waals surface area contributed by atoms with Gasteiger partial charge in [-0.1, -0.05) is 24.3 Å². The number of nitrogens with one attached hydrogen (secondary N) is 2. The third-order valence-corrected chi connectivity index (χ3v) is 5.83. The molecule has 164 valence electrons. The first-order chi connectivity index (χ1) is 15.3. The molecule has 0 aliphatic heterocycles. The minimum Gasteiger partial charge on any atom is -0.346 e. The average molecular weight is 429 g/mol. The van der Waals surface area contributed by atoms with Gasteiger partial charge in [0.15, 0.2) is 0 Å². The van der Waals surface area contributed by atoms with Crippen molar-refractivity contribution in [3.63, 3.8) is 0 Å². The van der Waals surface area contributed by atoms with Crippen molar-refractivity contribution >= 4 is 16.8 Å². The molecule has 6 nitrogen and oxygen atoms in total. The summed E-state index contributed by atoms with van der Waals surface area (Å²) in [4.78, 5) is 33.2. The summed E-state index contributed by atoms with van der Waals surface area (Å²) >= 11 is 0. The summed E-state index contributed by atoms with van der Waals surface area (Å²) in [6.07, 6.45) is 1.99. The lowest BCUT2D eigenvalue weighted by atomic mass is 10.0. The van der Waals surface area contributed by atoms with E-state index >= 15 is 0 Å². The van der Waals surface area contributed by atoms with Crippen LogP contribution in [0.3, 0.4) is 0 Å². The number of carbonyl (C=O) groups is 1. The summed E-state index contributed by atoms with van der Waals surface area (Å²) < 4.78 is 2.14. The van der Waals surface area contributed by atoms with E-state index in [1.807, 2.05) is 69.4 Å². The third kappa shape index (κ3) is 3.96. The van der Waals surface area contributed by atoms with E-state index in [9.17, 15) is 9.59 Å². The number of hydrogen-bond donors (Lipinski definition) is 2. The Balaban J connectivity index is 1.78. The summed E-state index contributed by atoms with van der Waals surface area (Å²) in [6.45, 7) is 10.1. The maximum absolute atomic E-state index is 13.3. The van der Waals surface area contributed by atoms with Crippen molar-refractivity contribution < 1.29 is 4.79 Å². The second-order valence-electron chi connectivity index (χ2n) is 8.55. The molecule has 0 aliphatic carbocycles. The fraction of sp³-hybridized carbons (Fsp3) is 0.269. The quantitative estimate of drug-likeness (QED) is 0.478. The van der Waals surface area contributed by atoms with Crippen molar-refractivity contribution in [3.8, 4) is 11.3 Å². The third-order valence-electron chi connectivity index (χ3n) is 5.83. The zero-order valence-corrected chi connectivity index (χ0v) is 19.1. The van der Waals surface area contributed by atoms with Crippen LogP contribution in [0.2, 0.25) is 0 Å². The summed E-state index contributed by atoms with van der Waals surface area (Å²) in [5.74, 6) is -0.300. The monoisotopic (exact) mass is 428 g/mol. The maximum Gasteiger partial charge on any atom is 0.270 e. The highest BCUT2D eigenvalue weighted by molar-refractivity contribution is 6.05. The van der Waals surface area contributed by atoms with Gasteiger partial charge in [0, 0.05) is 41.0 Å². The van der Waals surface area contributed by atoms with Crippen molar-refractivity contribution in [1.29, 1.82) is 0 Å². The summed E-state index contributed by atoms with van der Waals surface area (Å²) in [6, 6.07) is 14.1. The maximum atomic E-state index is 13.3. The molecule has 1 aromatic carbocycles. The first-order valence-electron chi connectivity index (χ1n) is 10.8. The lowest BCUT2D eigenvalue weighted by Gasteiger charge is -2.14. The van der Waals surface area contributed by atoms with E-state index in [0.717, 1.165) is 39.0 Å². The molecule has 6 heteroatoms. The molecule has 0 fully saturated rings. The molecule has 0 aliphatic rings. The van der Waals surface area contributed by atoms with Crippen LogP contribution in [0, 0.1) is 20.8 Å². The van der Waals surface area contributed by atoms with Gasteiger partial charge in [-0.05, 0) is 63.9 Å². The van der Waals surface area contributed by atoms with Crippen LogP contribution in [0.1, 0.15) is 52.8 Å². The van der Waals surface area contributed by atoms with Crippen LogP contribution < -0.4 is 10.9 Å². The molecule has 0 saturated carbocycles. The Morgan fingerprint density at radius 2 is 1.84 bits per heavy atom. The number of nitrogens with zero attached hydrogens (tertiary/aromatic N) is 2. The lowest BCUT2D eigenvalue weighted by molar-refractivity contribution is 0.0947. The summed E-state index contributed by atoms with van der Waals surface area (Å²) in [7, 11) is 0. The van der Waals surface area contributed by atoms with Crippen molar-refractivity contribution in [3.05, 3.63) is 87.1 Å². The minimum absolute atomic E-state index is 0.142. The first-order valence-corrected chi connectivity index (χ1v) is 10.8. The Labute approximate surface area is 187 Å². The largest absolute Gasteiger partial charge is 0.346 e. The molecular weight excluding hydrogens is 400 g/mol. The Hall–Kier alpha value is -3.67. The number of H-pyrrole nitrogens is 1. The molecule has 0 unspecified atom stereocenters. The van der Waals surface area contributed by atoms with Crippen molar-refractivity contribution in [1.82, 2.24) is 19.9 Å². The van der Waals surface area contributed by atoms with Gasteiger partial charge in [0.05, 0.1) is 11.2 Å². The molecule has 3 aromatic heterocycles. The van der Waals surface area contributed by atoms with Crippen LogP contribution in [0.4, 0.5) is 0 Å². The Kier molecular flexibility index (Phi) is 5.70. The van der Waals surface area contributed by atoms with Gasteiger partial charge in [-0.25, -0.2) is 4.98 Å². The van der Waals surface area contributed by atoms with Crippen LogP contribution in [0.5, 0.6) is 0 Å². The van der Waals surface area contributed by atoms with Gasteiger partial charge in [-0.2, -0.15) is 0 Å². The van der Waals surface area contributed by atoms with E-state index in [0.29, 0.717) is 11.3 Å². The molecule has 0 atom stereocenters. The molecule has 32 heavy (non-hydrogen) atoms. The number of benzene rings is 1. The summed E-state index contributed by atoms with van der Waals surface area (Å²) in [5.41, 5.74) is 6.18. The van der Waals surface area contributed by atoms with E-state index in [4.69, 9.17) is 4.98 Å². The van der Waals surface area contributed by atoms with Crippen molar-refractivity contribution in [2.45, 2.75) is 47.2 Å². The molecule has 0 bridgehead atoms. The fourth-order valence-electron chi connectivity index (χ4n) is 4.13. The Bertz CT molecular complexity index is 1380. The highest BCUT2D eigenvalue weighted by Crippen LogP contribution is 2.29. The molecule has 0 saturated heterocycles. The number of fused-ring (bicyclic) bond motifs is 1. The first kappa shape index (κ1) is 21.6. The zero-order valence-electron chi connectivity index (χ0n) is 19.1. The molecule has 4 rings (SSSR count). The second kappa shape index (κ2) is 8.46. The van der Waals surface area contributed by atoms with Gasteiger partial charge >= 0.3 is 0 Å². The zero-order chi connectivity index (χ0) is 23.0. The highest BCUT2D eigenvalue weighted by Gasteiger charge is 2.19. The predicted octanol–water partition coefficient (Wildman–Crippen LogP) is 4.83. The van der Waals surface area contributed by atoms with E-state index in [-0.39, 0.29) is 24.1 Å². The van der Waals surface area contributed by atoms with E-state index < -0.39 is 0 Å². The van der Waals surface area contributed by atoms with Crippen LogP contribution >= 0.6 is 0 Å². The van der Waals surface area contributed by atoms with Gasteiger partial charge in [0.2, 0.25) is 0 Å². The van der Waals surface area contributed by atoms with Crippen molar-refractivity contribution in [2.24, 2.45) is 0 Å². The number of aryl methyl sites for hydroxylation is 3. The van der Waals surface area contributed by atoms with Crippen LogP contribution in [-0.4, -0.2) is 20.4 Å². The smallest absolute Gasteiger partial charge is 0.270 e. The topological polar surface area (TPSA) is 79.8 Å². The van der Waals surface area contributed by atoms with Crippen LogP contribution in [0.25, 0.3) is 22.2 Å². The fourth-order valence-corrected chi connectivity index (χ4v) is 4.13. The van der Waals surface area contributed by atoms with Gasteiger partial charge in [0.25, 0.3) is 11.5 Å². The van der Waals surface area contributed by atoms with Gasteiger partial charge < -0.3 is 14.9 Å². The number of carbonyl (C=O) groups excluding carboxylic acids is 1. The minimum atomic E-state index is -0.300. The molecule has 0 radical (unpaired) electrons. The molecule has 2 N–H and O–H groups in total. The molecule has 0 spiro atoms. The number of pyridine rings is 2. The second-order valence-corrected chi connectivity index (χ2v) is 8.55. The summed E-state index contributed by atoms with van der Waals surface area (Å²) in [5, 5.41) is 3.70. The number of amides is 1. The van der Waals surface area contributed by atoms with E-state index in [1.165, 1.54) is 0 Å². The standard InChI is InChI=1S/C26H28N4O2/c1-15(2)30-11-10-20-23(30)13-22(19-9-7-6-8-16(19)3)29-24(20)26(32)27-14-21-17(4)12-18(5)28-25(21)31/h6-13,15H,14H2,1-5H3,(H,27,32)(H,28,31). The van der Waals surface area contributed by atoms with Gasteiger partial charge in [0.1, 0.15) is 5.69 Å². The number of aromatic nitrogens is 3. The Morgan fingerprint density at radius 1 is 1.09 bits per heavy atom. The molecule has 1 amide bonds. The Morgan fingerprint density at radius 3 is 2.53 bits per heavy atom. The predicted molar refractivity (Wildman–Crippen MR) is 128 cm³/mol. The number of aromatic amines is 1. The SMILES string of the molecule is Cc1cc(C)c(CNC(=O)c2nc(-c3ccccc3C)cc3c2ccn3C(C)C)c(=O)[nH]1. The van der Waals surface area contributed by atoms with Crippen molar-refractivity contribution in [2.75, 3.05) is 0 Å². The number of hydrogen-bond acceptors (Lipinski definition) is 3. The molecule has 4 aromatic rings. The highest BCUT2D eigenvalue weighted by atomic mass is 16.2. The van der Waals surface area contributed by atoms with E-state index in [1.54, 1.807) is 0 Å².